The third kappa shape index (κ3) is 4.26. The fraction of sp³-hybridized carbons (Fsp3) is 0.190. The number of aromatic hydroxyl groups is 1. The summed E-state index contributed by atoms with van der Waals surface area (Å²) in [6, 6.07) is 10.3. The summed E-state index contributed by atoms with van der Waals surface area (Å²) in [5.41, 5.74) is 1.94. The van der Waals surface area contributed by atoms with Gasteiger partial charge in [-0.25, -0.2) is 0 Å². The van der Waals surface area contributed by atoms with Crippen LogP contribution < -0.4 is 0 Å². The van der Waals surface area contributed by atoms with Crippen LogP contribution in [0.4, 0.5) is 10.5 Å². The third-order valence-corrected chi connectivity index (χ3v) is 6.72. The lowest BCUT2D eigenvalue weighted by Crippen LogP contribution is -2.44. The van der Waals surface area contributed by atoms with Gasteiger partial charge in [-0.3, -0.25) is 29.4 Å². The molecule has 0 aromatic heterocycles. The van der Waals surface area contributed by atoms with Crippen LogP contribution in [0, 0.1) is 10.1 Å². The monoisotopic (exact) mass is 517 g/mol. The highest BCUT2D eigenvalue weighted by atomic mass is 79.9. The molecule has 0 unspecified atom stereocenters. The maximum Gasteiger partial charge on any atom is 0.312 e. The maximum atomic E-state index is 12.8. The molecule has 0 aliphatic carbocycles. The fourth-order valence-corrected chi connectivity index (χ4v) is 4.86. The van der Waals surface area contributed by atoms with Gasteiger partial charge < -0.3 is 10.0 Å². The summed E-state index contributed by atoms with van der Waals surface area (Å²) in [5.74, 6) is -1.50. The Morgan fingerprint density at radius 3 is 2.69 bits per heavy atom. The van der Waals surface area contributed by atoms with Crippen LogP contribution in [-0.4, -0.2) is 50.0 Å². The molecule has 2 aliphatic heterocycles. The van der Waals surface area contributed by atoms with Crippen molar-refractivity contribution in [3.05, 3.63) is 72.6 Å². The minimum atomic E-state index is -0.751. The van der Waals surface area contributed by atoms with Crippen molar-refractivity contribution in [1.29, 1.82) is 0 Å². The van der Waals surface area contributed by atoms with Crippen molar-refractivity contribution in [3.8, 4) is 5.75 Å². The lowest BCUT2D eigenvalue weighted by atomic mass is 10.00. The molecule has 2 aliphatic rings. The van der Waals surface area contributed by atoms with E-state index < -0.39 is 27.5 Å². The molecule has 1 fully saturated rings. The number of nitro benzene ring substituents is 1. The van der Waals surface area contributed by atoms with Crippen molar-refractivity contribution in [2.45, 2.75) is 13.0 Å². The molecule has 9 nitrogen and oxygen atoms in total. The molecule has 164 valence electrons. The fourth-order valence-electron chi connectivity index (χ4n) is 3.56. The molecular weight excluding hydrogens is 502 g/mol. The molecule has 1 saturated heterocycles. The number of hydrogen-bond donors (Lipinski definition) is 1. The van der Waals surface area contributed by atoms with Gasteiger partial charge in [0.05, 0.1) is 14.3 Å². The van der Waals surface area contributed by atoms with Crippen LogP contribution in [0.2, 0.25) is 0 Å². The van der Waals surface area contributed by atoms with Gasteiger partial charge in [-0.05, 0) is 62.9 Å². The summed E-state index contributed by atoms with van der Waals surface area (Å²) in [6.45, 7) is 0.559. The molecule has 0 radical (unpaired) electrons. The van der Waals surface area contributed by atoms with Gasteiger partial charge in [0.1, 0.15) is 6.54 Å². The van der Waals surface area contributed by atoms with E-state index in [4.69, 9.17) is 0 Å². The zero-order valence-corrected chi connectivity index (χ0v) is 18.9. The van der Waals surface area contributed by atoms with Crippen molar-refractivity contribution in [2.75, 3.05) is 13.1 Å². The van der Waals surface area contributed by atoms with Crippen molar-refractivity contribution in [3.63, 3.8) is 0 Å². The number of rotatable bonds is 4. The van der Waals surface area contributed by atoms with E-state index in [1.54, 1.807) is 4.90 Å². The standard InChI is InChI=1S/C21H16BrN3O6S/c22-15-7-12(8-16(19(15)27)25(30)31)9-17-20(28)24(21(29)32-17)11-18(26)23-6-5-13-3-1-2-4-14(13)10-23/h1-4,7-9,27H,5-6,10-11H2/b17-9-. The molecule has 32 heavy (non-hydrogen) atoms. The van der Waals surface area contributed by atoms with Gasteiger partial charge in [-0.15, -0.1) is 0 Å². The number of fused-ring (bicyclic) bond motifs is 1. The van der Waals surface area contributed by atoms with Crippen molar-refractivity contribution >= 4 is 56.5 Å². The van der Waals surface area contributed by atoms with E-state index in [2.05, 4.69) is 15.9 Å². The van der Waals surface area contributed by atoms with Crippen molar-refractivity contribution in [1.82, 2.24) is 9.80 Å². The SMILES string of the molecule is O=C(CN1C(=O)S/C(=C\c2cc(Br)c(O)c([N+](=O)[O-])c2)C1=O)N1CCc2ccccc2C1. The molecule has 0 spiro atoms. The number of nitrogens with zero attached hydrogens (tertiary/aromatic N) is 3. The van der Waals surface area contributed by atoms with E-state index in [9.17, 15) is 29.6 Å². The summed E-state index contributed by atoms with van der Waals surface area (Å²) in [4.78, 5) is 50.8. The highest BCUT2D eigenvalue weighted by Crippen LogP contribution is 2.38. The number of carbonyl (C=O) groups is 3. The van der Waals surface area contributed by atoms with E-state index in [-0.39, 0.29) is 27.4 Å². The number of hydrogen-bond acceptors (Lipinski definition) is 7. The largest absolute Gasteiger partial charge is 0.501 e. The lowest BCUT2D eigenvalue weighted by Gasteiger charge is -2.29. The van der Waals surface area contributed by atoms with E-state index in [0.29, 0.717) is 31.3 Å². The predicted molar refractivity (Wildman–Crippen MR) is 121 cm³/mol. The van der Waals surface area contributed by atoms with Crippen LogP contribution in [-0.2, 0) is 22.6 Å². The highest BCUT2D eigenvalue weighted by molar-refractivity contribution is 9.10. The van der Waals surface area contributed by atoms with Gasteiger partial charge in [0.15, 0.2) is 0 Å². The van der Waals surface area contributed by atoms with Gasteiger partial charge in [-0.2, -0.15) is 0 Å². The van der Waals surface area contributed by atoms with Gasteiger partial charge in [0.25, 0.3) is 11.1 Å². The zero-order valence-electron chi connectivity index (χ0n) is 16.5. The number of phenolic OH excluding ortho intramolecular Hbond substituents is 1. The maximum absolute atomic E-state index is 12.8. The average Bonchev–Trinajstić information content (AvgIpc) is 3.02. The molecule has 3 amide bonds. The Morgan fingerprint density at radius 2 is 1.97 bits per heavy atom. The number of halogens is 1. The van der Waals surface area contributed by atoms with E-state index >= 15 is 0 Å². The molecule has 4 rings (SSSR count). The molecule has 2 aromatic carbocycles. The zero-order chi connectivity index (χ0) is 23.0. The molecule has 2 aromatic rings. The Labute approximate surface area is 195 Å². The van der Waals surface area contributed by atoms with Gasteiger partial charge in [0.2, 0.25) is 11.7 Å². The minimum absolute atomic E-state index is 0.0404. The van der Waals surface area contributed by atoms with E-state index in [1.807, 2.05) is 24.3 Å². The lowest BCUT2D eigenvalue weighted by molar-refractivity contribution is -0.386. The molecule has 0 bridgehead atoms. The number of nitro groups is 1. The predicted octanol–water partition coefficient (Wildman–Crippen LogP) is 3.68. The molecule has 0 saturated carbocycles. The number of phenols is 1. The van der Waals surface area contributed by atoms with E-state index in [1.165, 1.54) is 17.7 Å². The Kier molecular flexibility index (Phi) is 6.02. The Balaban J connectivity index is 1.50. The Morgan fingerprint density at radius 1 is 1.25 bits per heavy atom. The van der Waals surface area contributed by atoms with Crippen molar-refractivity contribution in [2.24, 2.45) is 0 Å². The molecule has 1 N–H and O–H groups in total. The number of thioether (sulfide) groups is 1. The summed E-state index contributed by atoms with van der Waals surface area (Å²) >= 11 is 3.70. The second-order valence-electron chi connectivity index (χ2n) is 7.23. The topological polar surface area (TPSA) is 121 Å². The van der Waals surface area contributed by atoms with Gasteiger partial charge >= 0.3 is 5.69 Å². The first kappa shape index (κ1) is 22.0. The summed E-state index contributed by atoms with van der Waals surface area (Å²) in [5, 5.41) is 20.3. The number of imide groups is 1. The number of amides is 3. The first-order chi connectivity index (χ1) is 15.2. The molecule has 11 heteroatoms. The molecular formula is C21H16BrN3O6S. The summed E-state index contributed by atoms with van der Waals surface area (Å²) < 4.78 is 0.0812. The van der Waals surface area contributed by atoms with Gasteiger partial charge in [-0.1, -0.05) is 24.3 Å². The second kappa shape index (κ2) is 8.75. The third-order valence-electron chi connectivity index (χ3n) is 5.21. The summed E-state index contributed by atoms with van der Waals surface area (Å²) in [7, 11) is 0. The quantitative estimate of drug-likeness (QED) is 0.372. The van der Waals surface area contributed by atoms with Crippen LogP contribution in [0.25, 0.3) is 6.08 Å². The van der Waals surface area contributed by atoms with Crippen molar-refractivity contribution < 1.29 is 24.4 Å². The average molecular weight is 518 g/mol. The van der Waals surface area contributed by atoms with Crippen LogP contribution in [0.15, 0.2) is 45.8 Å². The minimum Gasteiger partial charge on any atom is -0.501 e. The first-order valence-electron chi connectivity index (χ1n) is 9.51. The second-order valence-corrected chi connectivity index (χ2v) is 9.08. The summed E-state index contributed by atoms with van der Waals surface area (Å²) in [6.07, 6.45) is 2.03. The first-order valence-corrected chi connectivity index (χ1v) is 11.1. The number of benzene rings is 2. The van der Waals surface area contributed by atoms with Crippen LogP contribution in [0.1, 0.15) is 16.7 Å². The van der Waals surface area contributed by atoms with E-state index in [0.717, 1.165) is 16.5 Å². The molecule has 2 heterocycles. The van der Waals surface area contributed by atoms with Gasteiger partial charge in [0, 0.05) is 19.2 Å². The number of carbonyl (C=O) groups excluding carboxylic acids is 3. The van der Waals surface area contributed by atoms with Crippen LogP contribution in [0.3, 0.4) is 0 Å². The Bertz CT molecular complexity index is 1200. The molecule has 0 atom stereocenters. The van der Waals surface area contributed by atoms with Crippen LogP contribution >= 0.6 is 27.7 Å². The Hall–Kier alpha value is -3.18. The van der Waals surface area contributed by atoms with Crippen LogP contribution in [0.5, 0.6) is 5.75 Å². The highest BCUT2D eigenvalue weighted by Gasteiger charge is 2.37. The normalized spacial score (nSPS) is 17.1. The smallest absolute Gasteiger partial charge is 0.312 e.